The Hall–Kier alpha value is -0.900. The molecule has 0 aliphatic heterocycles. The van der Waals surface area contributed by atoms with Gasteiger partial charge in [0, 0.05) is 18.2 Å². The normalized spacial score (nSPS) is 16.7. The van der Waals surface area contributed by atoms with E-state index in [0.29, 0.717) is 35.9 Å². The van der Waals surface area contributed by atoms with Gasteiger partial charge in [0.25, 0.3) is 0 Å². The van der Waals surface area contributed by atoms with Gasteiger partial charge in [0.05, 0.1) is 38.3 Å². The summed E-state index contributed by atoms with van der Waals surface area (Å²) in [6, 6.07) is 0. The van der Waals surface area contributed by atoms with Crippen molar-refractivity contribution in [2.45, 2.75) is 132 Å². The summed E-state index contributed by atoms with van der Waals surface area (Å²) in [4.78, 5) is 26.8. The quantitative estimate of drug-likeness (QED) is 0.0394. The first kappa shape index (κ1) is 45.1. The van der Waals surface area contributed by atoms with E-state index in [2.05, 4.69) is 113 Å². The fourth-order valence-corrected chi connectivity index (χ4v) is 7.68. The Balaban J connectivity index is 5.97. The number of ether oxygens (including phenoxy) is 2. The molecular weight excluding hydrogens is 617 g/mol. The Morgan fingerprint density at radius 3 is 1.93 bits per heavy atom. The minimum Gasteiger partial charge on any atom is -0.872 e. The molecule has 0 aromatic carbocycles. The van der Waals surface area contributed by atoms with E-state index < -0.39 is 27.3 Å². The number of nitrogens with zero attached hydrogens (tertiary/aromatic N) is 1. The van der Waals surface area contributed by atoms with Gasteiger partial charge in [-0.3, -0.25) is 9.59 Å². The number of quaternary nitrogens is 1. The number of rotatable bonds is 21. The fraction of sp³-hybridized carbons (Fsp3) is 0.892. The maximum Gasteiger partial charge on any atom is 0.313 e. The number of esters is 1. The van der Waals surface area contributed by atoms with E-state index in [0.717, 1.165) is 37.9 Å². The van der Waals surface area contributed by atoms with Crippen LogP contribution >= 0.6 is 25.3 Å². The monoisotopic (exact) mass is 688 g/mol. The van der Waals surface area contributed by atoms with Crippen LogP contribution in [0.4, 0.5) is 0 Å². The largest absolute Gasteiger partial charge is 0.872 e. The SMILES string of the molecule is C=C([O-])C[N+](C)(C)CCOC(=O)C(C)(C(C)(C)C)C(C)(C)C(C)(C)C(C)(CC(C)(C)C)OCCNC(=O)CCCCC(S)CCS. The van der Waals surface area contributed by atoms with Crippen molar-refractivity contribution in [3.8, 4) is 0 Å². The van der Waals surface area contributed by atoms with Crippen LogP contribution in [0, 0.1) is 27.1 Å². The smallest absolute Gasteiger partial charge is 0.313 e. The highest BCUT2D eigenvalue weighted by molar-refractivity contribution is 7.81. The zero-order chi connectivity index (χ0) is 36.4. The molecule has 0 aromatic heterocycles. The van der Waals surface area contributed by atoms with Gasteiger partial charge in [0.2, 0.25) is 5.91 Å². The molecule has 0 aromatic rings. The molecule has 0 heterocycles. The van der Waals surface area contributed by atoms with Gasteiger partial charge in [-0.25, -0.2) is 0 Å². The van der Waals surface area contributed by atoms with Crippen LogP contribution in [-0.4, -0.2) is 79.9 Å². The third kappa shape index (κ3) is 12.9. The standard InChI is InChI=1S/C37H72N2O5S2/c1-28(40)26-39(14,15)22-24-43-31(42)37(13,33(5,6)7)35(10,11)34(8,9)36(12,27-32(2,3)4)44-23-21-38-30(41)19-17-16-18-29(46)20-25-45/h29H,1,16-27H2,2-15H3,(H3-,38,40,41,45,46). The van der Waals surface area contributed by atoms with Crippen molar-refractivity contribution in [3.05, 3.63) is 12.3 Å². The zero-order valence-corrected chi connectivity index (χ0v) is 33.9. The molecule has 0 radical (unpaired) electrons. The molecule has 0 aliphatic rings. The number of nitrogens with one attached hydrogen (secondary N) is 1. The van der Waals surface area contributed by atoms with Crippen molar-refractivity contribution >= 4 is 37.1 Å². The van der Waals surface area contributed by atoms with E-state index in [4.69, 9.17) is 9.47 Å². The second-order valence-electron chi connectivity index (χ2n) is 17.7. The zero-order valence-electron chi connectivity index (χ0n) is 32.2. The van der Waals surface area contributed by atoms with Crippen LogP contribution in [0.25, 0.3) is 0 Å². The molecule has 3 atom stereocenters. The van der Waals surface area contributed by atoms with Crippen LogP contribution < -0.4 is 10.4 Å². The van der Waals surface area contributed by atoms with Gasteiger partial charge >= 0.3 is 5.97 Å². The molecule has 1 N–H and O–H groups in total. The summed E-state index contributed by atoms with van der Waals surface area (Å²) in [6.45, 7) is 31.1. The summed E-state index contributed by atoms with van der Waals surface area (Å²) in [7, 11) is 3.88. The number of hydrogen-bond acceptors (Lipinski definition) is 7. The van der Waals surface area contributed by atoms with Crippen LogP contribution in [0.5, 0.6) is 0 Å². The van der Waals surface area contributed by atoms with Crippen LogP contribution in [0.1, 0.15) is 122 Å². The van der Waals surface area contributed by atoms with Crippen molar-refractivity contribution in [1.82, 2.24) is 5.32 Å². The molecule has 0 saturated heterocycles. The summed E-state index contributed by atoms with van der Waals surface area (Å²) < 4.78 is 13.3. The lowest BCUT2D eigenvalue weighted by Crippen LogP contribution is -2.64. The van der Waals surface area contributed by atoms with Crippen molar-refractivity contribution in [2.75, 3.05) is 52.7 Å². The minimum absolute atomic E-state index is 0.0371. The molecule has 0 saturated carbocycles. The van der Waals surface area contributed by atoms with Gasteiger partial charge in [-0.1, -0.05) is 81.4 Å². The van der Waals surface area contributed by atoms with Gasteiger partial charge in [0.15, 0.2) is 0 Å². The third-order valence-corrected chi connectivity index (χ3v) is 11.7. The summed E-state index contributed by atoms with van der Waals surface area (Å²) in [6.07, 6.45) is 5.02. The molecular formula is C37H72N2O5S2. The highest BCUT2D eigenvalue weighted by Gasteiger charge is 2.65. The van der Waals surface area contributed by atoms with Crippen molar-refractivity contribution in [3.63, 3.8) is 0 Å². The molecule has 0 bridgehead atoms. The van der Waals surface area contributed by atoms with Crippen molar-refractivity contribution in [2.24, 2.45) is 27.1 Å². The predicted molar refractivity (Wildman–Crippen MR) is 198 cm³/mol. The Bertz CT molecular complexity index is 983. The molecule has 0 spiro atoms. The second kappa shape index (κ2) is 17.7. The maximum atomic E-state index is 14.2. The van der Waals surface area contributed by atoms with Crippen LogP contribution in [0.2, 0.25) is 0 Å². The highest BCUT2D eigenvalue weighted by atomic mass is 32.1. The summed E-state index contributed by atoms with van der Waals surface area (Å²) in [5.74, 6) is 0.475. The fourth-order valence-electron chi connectivity index (χ4n) is 6.85. The van der Waals surface area contributed by atoms with Crippen LogP contribution in [-0.2, 0) is 19.1 Å². The predicted octanol–water partition coefficient (Wildman–Crippen LogP) is 7.09. The molecule has 7 nitrogen and oxygen atoms in total. The van der Waals surface area contributed by atoms with E-state index in [1.807, 2.05) is 21.0 Å². The second-order valence-corrected chi connectivity index (χ2v) is 18.9. The average molecular weight is 689 g/mol. The van der Waals surface area contributed by atoms with Crippen molar-refractivity contribution < 1.29 is 28.7 Å². The summed E-state index contributed by atoms with van der Waals surface area (Å²) in [5, 5.41) is 15.0. The van der Waals surface area contributed by atoms with E-state index >= 15 is 0 Å². The van der Waals surface area contributed by atoms with Gasteiger partial charge in [-0.05, 0) is 66.9 Å². The van der Waals surface area contributed by atoms with Gasteiger partial charge in [0.1, 0.15) is 13.2 Å². The number of carbonyl (C=O) groups is 2. The number of unbranched alkanes of at least 4 members (excludes halogenated alkanes) is 1. The highest BCUT2D eigenvalue weighted by Crippen LogP contribution is 2.64. The van der Waals surface area contributed by atoms with E-state index in [9.17, 15) is 14.7 Å². The first-order chi connectivity index (χ1) is 20.6. The molecule has 0 fully saturated rings. The number of thiol groups is 2. The molecule has 9 heteroatoms. The molecule has 0 aliphatic carbocycles. The van der Waals surface area contributed by atoms with E-state index in [-0.39, 0.29) is 36.2 Å². The first-order valence-corrected chi connectivity index (χ1v) is 18.3. The number of carbonyl (C=O) groups excluding carboxylic acids is 2. The lowest BCUT2D eigenvalue weighted by atomic mass is 9.43. The van der Waals surface area contributed by atoms with Gasteiger partial charge in [-0.15, -0.1) is 6.58 Å². The molecule has 272 valence electrons. The Labute approximate surface area is 294 Å². The van der Waals surface area contributed by atoms with Crippen molar-refractivity contribution in [1.29, 1.82) is 0 Å². The molecule has 46 heavy (non-hydrogen) atoms. The topological polar surface area (TPSA) is 87.7 Å². The van der Waals surface area contributed by atoms with Gasteiger partial charge < -0.3 is 24.4 Å². The molecule has 3 unspecified atom stereocenters. The summed E-state index contributed by atoms with van der Waals surface area (Å²) in [5.41, 5.74) is -3.19. The average Bonchev–Trinajstić information content (AvgIpc) is 2.85. The Morgan fingerprint density at radius 1 is 0.891 bits per heavy atom. The summed E-state index contributed by atoms with van der Waals surface area (Å²) >= 11 is 8.85. The van der Waals surface area contributed by atoms with Crippen LogP contribution in [0.3, 0.4) is 0 Å². The van der Waals surface area contributed by atoms with Crippen LogP contribution in [0.15, 0.2) is 12.3 Å². The third-order valence-electron chi connectivity index (χ3n) is 10.9. The minimum atomic E-state index is -0.904. The van der Waals surface area contributed by atoms with E-state index in [1.54, 1.807) is 0 Å². The lowest BCUT2D eigenvalue weighted by Gasteiger charge is -2.62. The Morgan fingerprint density at radius 2 is 1.46 bits per heavy atom. The lowest BCUT2D eigenvalue weighted by molar-refractivity contribution is -0.890. The van der Waals surface area contributed by atoms with Gasteiger partial charge in [-0.2, -0.15) is 25.3 Å². The Kier molecular flexibility index (Phi) is 17.3. The maximum absolute atomic E-state index is 14.2. The number of likely N-dealkylation sites (N-methyl/N-ethyl adjacent to an activating group) is 1. The number of hydrogen-bond donors (Lipinski definition) is 3. The number of amides is 1. The first-order valence-electron chi connectivity index (χ1n) is 17.1. The molecule has 1 amide bonds. The molecule has 0 rings (SSSR count). The van der Waals surface area contributed by atoms with E-state index in [1.165, 1.54) is 0 Å².